The molecule has 0 aliphatic carbocycles. The molecule has 0 spiro atoms. The van der Waals surface area contributed by atoms with Crippen LogP contribution >= 0.6 is 11.6 Å². The molecule has 0 fully saturated rings. The van der Waals surface area contributed by atoms with E-state index in [0.717, 1.165) is 0 Å². The number of carbonyl (C=O) groups excluding carboxylic acids is 1. The minimum Gasteiger partial charge on any atom is -0.493 e. The van der Waals surface area contributed by atoms with Gasteiger partial charge >= 0.3 is 0 Å². The highest BCUT2D eigenvalue weighted by Gasteiger charge is 2.09. The first kappa shape index (κ1) is 16.9. The van der Waals surface area contributed by atoms with Gasteiger partial charge in [0.1, 0.15) is 11.6 Å². The second-order valence-corrected chi connectivity index (χ2v) is 4.89. The Bertz CT molecular complexity index is 708. The molecule has 7 heteroatoms. The van der Waals surface area contributed by atoms with Gasteiger partial charge in [0.25, 0.3) is 5.91 Å². The zero-order valence-corrected chi connectivity index (χ0v) is 13.3. The highest BCUT2D eigenvalue weighted by molar-refractivity contribution is 6.30. The van der Waals surface area contributed by atoms with Gasteiger partial charge in [-0.3, -0.25) is 4.79 Å². The van der Waals surface area contributed by atoms with Gasteiger partial charge < -0.3 is 19.5 Å². The largest absolute Gasteiger partial charge is 0.493 e. The lowest BCUT2D eigenvalue weighted by Crippen LogP contribution is -2.20. The van der Waals surface area contributed by atoms with Gasteiger partial charge in [-0.2, -0.15) is 0 Å². The number of benzene rings is 2. The van der Waals surface area contributed by atoms with Gasteiger partial charge in [-0.05, 0) is 24.3 Å². The summed E-state index contributed by atoms with van der Waals surface area (Å²) >= 11 is 5.64. The molecule has 0 atom stereocenters. The van der Waals surface area contributed by atoms with Crippen molar-refractivity contribution in [2.75, 3.05) is 26.1 Å². The van der Waals surface area contributed by atoms with E-state index >= 15 is 0 Å². The molecule has 2 aromatic rings. The Kier molecular flexibility index (Phi) is 5.65. The Balaban J connectivity index is 1.95. The number of hydrogen-bond donors (Lipinski definition) is 1. The van der Waals surface area contributed by atoms with Gasteiger partial charge in [0.2, 0.25) is 0 Å². The maximum atomic E-state index is 13.0. The Hall–Kier alpha value is -2.47. The predicted octanol–water partition coefficient (Wildman–Crippen LogP) is 3.51. The number of halogens is 2. The second-order valence-electron chi connectivity index (χ2n) is 4.48. The average Bonchev–Trinajstić information content (AvgIpc) is 2.55. The van der Waals surface area contributed by atoms with Crippen LogP contribution in [0.5, 0.6) is 17.2 Å². The van der Waals surface area contributed by atoms with Crippen molar-refractivity contribution in [1.29, 1.82) is 0 Å². The highest BCUT2D eigenvalue weighted by atomic mass is 35.5. The summed E-state index contributed by atoms with van der Waals surface area (Å²) in [6, 6.07) is 8.85. The van der Waals surface area contributed by atoms with E-state index in [9.17, 15) is 9.18 Å². The van der Waals surface area contributed by atoms with Gasteiger partial charge in [0, 0.05) is 17.8 Å². The molecule has 0 saturated carbocycles. The van der Waals surface area contributed by atoms with E-state index < -0.39 is 5.82 Å². The Labute approximate surface area is 137 Å². The van der Waals surface area contributed by atoms with E-state index in [1.807, 2.05) is 0 Å². The minimum atomic E-state index is -0.547. The third-order valence-electron chi connectivity index (χ3n) is 2.93. The second kappa shape index (κ2) is 7.69. The first-order valence-corrected chi connectivity index (χ1v) is 7.01. The number of carbonyl (C=O) groups is 1. The number of anilines is 1. The first-order chi connectivity index (χ1) is 11.0. The van der Waals surface area contributed by atoms with Crippen LogP contribution in [0.4, 0.5) is 10.1 Å². The van der Waals surface area contributed by atoms with Crippen LogP contribution in [0.1, 0.15) is 0 Å². The van der Waals surface area contributed by atoms with Crippen LogP contribution in [-0.4, -0.2) is 26.7 Å². The van der Waals surface area contributed by atoms with E-state index in [1.54, 1.807) is 18.2 Å². The third-order valence-corrected chi connectivity index (χ3v) is 3.22. The van der Waals surface area contributed by atoms with Crippen LogP contribution in [0.15, 0.2) is 36.4 Å². The summed E-state index contributed by atoms with van der Waals surface area (Å²) in [7, 11) is 3.03. The monoisotopic (exact) mass is 339 g/mol. The normalized spacial score (nSPS) is 10.1. The molecular weight excluding hydrogens is 325 g/mol. The molecule has 0 aromatic heterocycles. The predicted molar refractivity (Wildman–Crippen MR) is 85.1 cm³/mol. The van der Waals surface area contributed by atoms with Crippen LogP contribution < -0.4 is 19.5 Å². The van der Waals surface area contributed by atoms with Crippen LogP contribution in [0.2, 0.25) is 5.02 Å². The van der Waals surface area contributed by atoms with Crippen LogP contribution in [-0.2, 0) is 4.79 Å². The lowest BCUT2D eigenvalue weighted by molar-refractivity contribution is -0.118. The van der Waals surface area contributed by atoms with E-state index in [-0.39, 0.29) is 17.5 Å². The molecule has 2 aromatic carbocycles. The molecule has 122 valence electrons. The van der Waals surface area contributed by atoms with E-state index in [0.29, 0.717) is 22.9 Å². The number of rotatable bonds is 6. The number of nitrogens with one attached hydrogen (secondary N) is 1. The molecule has 23 heavy (non-hydrogen) atoms. The summed E-state index contributed by atoms with van der Waals surface area (Å²) in [5, 5.41) is 2.59. The molecule has 0 heterocycles. The van der Waals surface area contributed by atoms with Crippen LogP contribution in [0.25, 0.3) is 0 Å². The molecule has 0 bridgehead atoms. The maximum absolute atomic E-state index is 13.0. The SMILES string of the molecule is COc1ccc(NC(=O)COc2ccc(F)c(Cl)c2)cc1OC. The fraction of sp³-hybridized carbons (Fsp3) is 0.188. The van der Waals surface area contributed by atoms with Crippen LogP contribution in [0.3, 0.4) is 0 Å². The molecule has 5 nitrogen and oxygen atoms in total. The average molecular weight is 340 g/mol. The van der Waals surface area contributed by atoms with Crippen molar-refractivity contribution in [1.82, 2.24) is 0 Å². The molecule has 2 rings (SSSR count). The minimum absolute atomic E-state index is 0.0669. The third kappa shape index (κ3) is 4.50. The van der Waals surface area contributed by atoms with Gasteiger partial charge in [-0.15, -0.1) is 0 Å². The quantitative estimate of drug-likeness (QED) is 0.875. The summed E-state index contributed by atoms with van der Waals surface area (Å²) in [5.74, 6) is 0.435. The van der Waals surface area contributed by atoms with E-state index in [2.05, 4.69) is 5.32 Å². The zero-order valence-electron chi connectivity index (χ0n) is 12.6. The van der Waals surface area contributed by atoms with Crippen molar-refractivity contribution in [2.24, 2.45) is 0 Å². The molecule has 0 radical (unpaired) electrons. The van der Waals surface area contributed by atoms with E-state index in [1.165, 1.54) is 32.4 Å². The summed E-state index contributed by atoms with van der Waals surface area (Å²) < 4.78 is 28.6. The number of ether oxygens (including phenoxy) is 3. The number of methoxy groups -OCH3 is 2. The van der Waals surface area contributed by atoms with Crippen molar-refractivity contribution in [3.05, 3.63) is 47.2 Å². The van der Waals surface area contributed by atoms with E-state index in [4.69, 9.17) is 25.8 Å². The Morgan fingerprint density at radius 2 is 1.87 bits per heavy atom. The Morgan fingerprint density at radius 3 is 2.52 bits per heavy atom. The van der Waals surface area contributed by atoms with Crippen molar-refractivity contribution in [3.8, 4) is 17.2 Å². The van der Waals surface area contributed by atoms with Crippen molar-refractivity contribution in [3.63, 3.8) is 0 Å². The van der Waals surface area contributed by atoms with Gasteiger partial charge in [-0.25, -0.2) is 4.39 Å². The maximum Gasteiger partial charge on any atom is 0.262 e. The fourth-order valence-corrected chi connectivity index (χ4v) is 2.00. The van der Waals surface area contributed by atoms with Crippen LogP contribution in [0, 0.1) is 5.82 Å². The highest BCUT2D eigenvalue weighted by Crippen LogP contribution is 2.29. The summed E-state index contributed by atoms with van der Waals surface area (Å²) in [5.41, 5.74) is 0.536. The topological polar surface area (TPSA) is 56.8 Å². The van der Waals surface area contributed by atoms with Crippen molar-refractivity contribution in [2.45, 2.75) is 0 Å². The molecule has 1 amide bonds. The van der Waals surface area contributed by atoms with Gasteiger partial charge in [0.15, 0.2) is 18.1 Å². The first-order valence-electron chi connectivity index (χ1n) is 6.63. The van der Waals surface area contributed by atoms with Crippen molar-refractivity contribution < 1.29 is 23.4 Å². The molecular formula is C16H15ClFNO4. The number of amides is 1. The fourth-order valence-electron chi connectivity index (χ4n) is 1.83. The lowest BCUT2D eigenvalue weighted by Gasteiger charge is -2.11. The molecule has 0 aliphatic heterocycles. The van der Waals surface area contributed by atoms with Gasteiger partial charge in [0.05, 0.1) is 19.2 Å². The Morgan fingerprint density at radius 1 is 1.13 bits per heavy atom. The molecule has 0 saturated heterocycles. The number of hydrogen-bond acceptors (Lipinski definition) is 4. The summed E-state index contributed by atoms with van der Waals surface area (Å²) in [6.07, 6.45) is 0. The zero-order chi connectivity index (χ0) is 16.8. The summed E-state index contributed by atoms with van der Waals surface area (Å²) in [4.78, 5) is 11.9. The molecule has 0 unspecified atom stereocenters. The lowest BCUT2D eigenvalue weighted by atomic mass is 10.2. The summed E-state index contributed by atoms with van der Waals surface area (Å²) in [6.45, 7) is -0.240. The van der Waals surface area contributed by atoms with Crippen molar-refractivity contribution >= 4 is 23.2 Å². The smallest absolute Gasteiger partial charge is 0.262 e. The molecule has 1 N–H and O–H groups in total. The standard InChI is InChI=1S/C16H15ClFNO4/c1-21-14-6-3-10(7-15(14)22-2)19-16(20)9-23-11-4-5-13(18)12(17)8-11/h3-8H,9H2,1-2H3,(H,19,20). The molecule has 0 aliphatic rings. The van der Waals surface area contributed by atoms with Gasteiger partial charge in [-0.1, -0.05) is 11.6 Å².